The van der Waals surface area contributed by atoms with Crippen LogP contribution in [0.1, 0.15) is 50.7 Å². The van der Waals surface area contributed by atoms with Crippen LogP contribution in [0.15, 0.2) is 18.5 Å². The van der Waals surface area contributed by atoms with Crippen LogP contribution in [-0.2, 0) is 6.54 Å². The van der Waals surface area contributed by atoms with Gasteiger partial charge in [-0.1, -0.05) is 13.3 Å². The number of rotatable bonds is 4. The van der Waals surface area contributed by atoms with Gasteiger partial charge < -0.3 is 9.67 Å². The summed E-state index contributed by atoms with van der Waals surface area (Å²) in [6.07, 6.45) is 10.7. The van der Waals surface area contributed by atoms with E-state index in [0.29, 0.717) is 0 Å². The lowest BCUT2D eigenvalue weighted by Gasteiger charge is -2.22. The summed E-state index contributed by atoms with van der Waals surface area (Å²) >= 11 is 0. The first-order chi connectivity index (χ1) is 8.26. The van der Waals surface area contributed by atoms with Crippen molar-refractivity contribution in [1.82, 2.24) is 4.57 Å². The first-order valence-electron chi connectivity index (χ1n) is 7.10. The van der Waals surface area contributed by atoms with Crippen molar-refractivity contribution in [3.05, 3.63) is 24.0 Å². The number of aromatic nitrogens is 1. The lowest BCUT2D eigenvalue weighted by atomic mass is 9.89. The molecule has 2 aliphatic carbocycles. The van der Waals surface area contributed by atoms with Gasteiger partial charge in [-0.3, -0.25) is 0 Å². The fourth-order valence-electron chi connectivity index (χ4n) is 3.88. The van der Waals surface area contributed by atoms with Crippen LogP contribution in [-0.4, -0.2) is 9.67 Å². The van der Waals surface area contributed by atoms with Crippen LogP contribution >= 0.6 is 0 Å². The second-order valence-corrected chi connectivity index (χ2v) is 6.00. The second kappa shape index (κ2) is 4.49. The molecule has 2 nitrogen and oxygen atoms in total. The highest BCUT2D eigenvalue weighted by atomic mass is 16.3. The molecule has 1 aromatic rings. The standard InChI is InChI=1S/C15H23NO/c1-2-15(17)13-5-6-16(9-13)10-14-8-11-3-4-12(14)7-11/h5-6,9,11-12,14-15,17H,2-4,7-8,10H2,1H3. The Balaban J connectivity index is 1.63. The molecular weight excluding hydrogens is 210 g/mol. The summed E-state index contributed by atoms with van der Waals surface area (Å²) in [5.74, 6) is 2.91. The molecule has 1 heterocycles. The summed E-state index contributed by atoms with van der Waals surface area (Å²) in [6.45, 7) is 3.19. The molecule has 0 aliphatic heterocycles. The highest BCUT2D eigenvalue weighted by Gasteiger charge is 2.39. The molecule has 4 unspecified atom stereocenters. The van der Waals surface area contributed by atoms with E-state index in [1.165, 1.54) is 25.7 Å². The van der Waals surface area contributed by atoms with Crippen molar-refractivity contribution in [3.8, 4) is 0 Å². The van der Waals surface area contributed by atoms with Crippen molar-refractivity contribution in [2.75, 3.05) is 0 Å². The molecule has 3 rings (SSSR count). The Morgan fingerprint density at radius 1 is 1.41 bits per heavy atom. The lowest BCUT2D eigenvalue weighted by Crippen LogP contribution is -2.16. The summed E-state index contributed by atoms with van der Waals surface area (Å²) < 4.78 is 2.29. The monoisotopic (exact) mass is 233 g/mol. The number of hydrogen-bond acceptors (Lipinski definition) is 1. The van der Waals surface area contributed by atoms with Gasteiger partial charge in [0.15, 0.2) is 0 Å². The van der Waals surface area contributed by atoms with Gasteiger partial charge in [0, 0.05) is 18.9 Å². The maximum absolute atomic E-state index is 9.80. The van der Waals surface area contributed by atoms with Crippen LogP contribution in [0.3, 0.4) is 0 Å². The van der Waals surface area contributed by atoms with Gasteiger partial charge in [0.25, 0.3) is 0 Å². The molecular formula is C15H23NO. The van der Waals surface area contributed by atoms with Gasteiger partial charge in [-0.2, -0.15) is 0 Å². The predicted molar refractivity (Wildman–Crippen MR) is 68.6 cm³/mol. The maximum Gasteiger partial charge on any atom is 0.0802 e. The zero-order chi connectivity index (χ0) is 11.8. The van der Waals surface area contributed by atoms with E-state index in [1.807, 2.05) is 6.92 Å². The Morgan fingerprint density at radius 3 is 2.94 bits per heavy atom. The molecule has 2 saturated carbocycles. The van der Waals surface area contributed by atoms with Gasteiger partial charge in [-0.05, 0) is 55.1 Å². The van der Waals surface area contributed by atoms with E-state index in [-0.39, 0.29) is 6.10 Å². The number of nitrogens with zero attached hydrogens (tertiary/aromatic N) is 1. The van der Waals surface area contributed by atoms with Crippen LogP contribution in [0.4, 0.5) is 0 Å². The summed E-state index contributed by atoms with van der Waals surface area (Å²) in [7, 11) is 0. The van der Waals surface area contributed by atoms with Gasteiger partial charge in [0.2, 0.25) is 0 Å². The topological polar surface area (TPSA) is 25.2 Å². The molecule has 4 atom stereocenters. The Morgan fingerprint density at radius 2 is 2.29 bits per heavy atom. The average Bonchev–Trinajstić information content (AvgIpc) is 3.03. The number of fused-ring (bicyclic) bond motifs is 2. The molecule has 94 valence electrons. The van der Waals surface area contributed by atoms with E-state index in [2.05, 4.69) is 23.0 Å². The molecule has 1 aromatic heterocycles. The third-order valence-electron chi connectivity index (χ3n) is 4.87. The van der Waals surface area contributed by atoms with E-state index in [1.54, 1.807) is 0 Å². The molecule has 2 fully saturated rings. The van der Waals surface area contributed by atoms with Crippen LogP contribution in [0.2, 0.25) is 0 Å². The largest absolute Gasteiger partial charge is 0.388 e. The Bertz CT molecular complexity index is 384. The predicted octanol–water partition coefficient (Wildman–Crippen LogP) is 3.37. The first kappa shape index (κ1) is 11.3. The average molecular weight is 233 g/mol. The summed E-state index contributed by atoms with van der Waals surface area (Å²) in [5.41, 5.74) is 1.08. The fraction of sp³-hybridized carbons (Fsp3) is 0.733. The second-order valence-electron chi connectivity index (χ2n) is 6.00. The van der Waals surface area contributed by atoms with Crippen molar-refractivity contribution in [1.29, 1.82) is 0 Å². The van der Waals surface area contributed by atoms with Gasteiger partial charge in [0.05, 0.1) is 6.10 Å². The Kier molecular flexibility index (Phi) is 2.99. The first-order valence-corrected chi connectivity index (χ1v) is 7.10. The zero-order valence-electron chi connectivity index (χ0n) is 10.7. The molecule has 2 bridgehead atoms. The van der Waals surface area contributed by atoms with Crippen molar-refractivity contribution >= 4 is 0 Å². The maximum atomic E-state index is 9.80. The smallest absolute Gasteiger partial charge is 0.0802 e. The molecule has 0 radical (unpaired) electrons. The number of aliphatic hydroxyl groups is 1. The van der Waals surface area contributed by atoms with E-state index in [4.69, 9.17) is 0 Å². The highest BCUT2D eigenvalue weighted by Crippen LogP contribution is 2.48. The molecule has 0 amide bonds. The van der Waals surface area contributed by atoms with Gasteiger partial charge in [0.1, 0.15) is 0 Å². The van der Waals surface area contributed by atoms with Gasteiger partial charge in [-0.15, -0.1) is 0 Å². The molecule has 2 aliphatic rings. The normalized spacial score (nSPS) is 33.2. The third kappa shape index (κ3) is 2.15. The van der Waals surface area contributed by atoms with E-state index in [9.17, 15) is 5.11 Å². The minimum absolute atomic E-state index is 0.281. The Labute approximate surface area is 104 Å². The minimum Gasteiger partial charge on any atom is -0.388 e. The number of aliphatic hydroxyl groups excluding tert-OH is 1. The van der Waals surface area contributed by atoms with Crippen LogP contribution in [0.5, 0.6) is 0 Å². The molecule has 0 saturated heterocycles. The van der Waals surface area contributed by atoms with Crippen LogP contribution in [0.25, 0.3) is 0 Å². The molecule has 0 aromatic carbocycles. The van der Waals surface area contributed by atoms with Crippen LogP contribution in [0, 0.1) is 17.8 Å². The highest BCUT2D eigenvalue weighted by molar-refractivity contribution is 5.13. The third-order valence-corrected chi connectivity index (χ3v) is 4.87. The van der Waals surface area contributed by atoms with Crippen LogP contribution < -0.4 is 0 Å². The van der Waals surface area contributed by atoms with E-state index >= 15 is 0 Å². The van der Waals surface area contributed by atoms with E-state index < -0.39 is 0 Å². The summed E-state index contributed by atoms with van der Waals surface area (Å²) in [6, 6.07) is 2.07. The molecule has 1 N–H and O–H groups in total. The SMILES string of the molecule is CCC(O)c1ccn(CC2CC3CCC2C3)c1. The molecule has 17 heavy (non-hydrogen) atoms. The van der Waals surface area contributed by atoms with Crippen molar-refractivity contribution < 1.29 is 5.11 Å². The fourth-order valence-corrected chi connectivity index (χ4v) is 3.88. The number of hydrogen-bond donors (Lipinski definition) is 1. The Hall–Kier alpha value is -0.760. The van der Waals surface area contributed by atoms with Crippen molar-refractivity contribution in [2.24, 2.45) is 17.8 Å². The van der Waals surface area contributed by atoms with Crippen molar-refractivity contribution in [3.63, 3.8) is 0 Å². The lowest BCUT2D eigenvalue weighted by molar-refractivity contribution is 0.173. The van der Waals surface area contributed by atoms with Gasteiger partial charge in [-0.25, -0.2) is 0 Å². The zero-order valence-corrected chi connectivity index (χ0v) is 10.7. The minimum atomic E-state index is -0.281. The summed E-state index contributed by atoms with van der Waals surface area (Å²) in [5, 5.41) is 9.80. The quantitative estimate of drug-likeness (QED) is 0.847. The molecule has 0 spiro atoms. The van der Waals surface area contributed by atoms with Gasteiger partial charge >= 0.3 is 0 Å². The van der Waals surface area contributed by atoms with Crippen molar-refractivity contribution in [2.45, 2.75) is 51.7 Å². The summed E-state index contributed by atoms with van der Waals surface area (Å²) in [4.78, 5) is 0. The van der Waals surface area contributed by atoms with E-state index in [0.717, 1.165) is 36.3 Å². The molecule has 2 heteroatoms.